The zero-order valence-electron chi connectivity index (χ0n) is 13.0. The number of ketones is 1. The van der Waals surface area contributed by atoms with Crippen molar-refractivity contribution in [3.8, 4) is 17.1 Å². The highest BCUT2D eigenvalue weighted by atomic mass is 16.4. The molecule has 0 bridgehead atoms. The van der Waals surface area contributed by atoms with E-state index < -0.39 is 5.97 Å². The Morgan fingerprint density at radius 2 is 1.72 bits per heavy atom. The topological polar surface area (TPSA) is 87.7 Å². The number of carboxylic acid groups (broad SMARTS) is 1. The van der Waals surface area contributed by atoms with Gasteiger partial charge in [0.05, 0.1) is 0 Å². The lowest BCUT2D eigenvalue weighted by Crippen LogP contribution is -1.96. The first-order chi connectivity index (χ1) is 12.0. The number of carboxylic acids is 1. The summed E-state index contributed by atoms with van der Waals surface area (Å²) >= 11 is 0. The monoisotopic (exact) mass is 334 g/mol. The number of aromatic hydroxyl groups is 1. The molecule has 0 radical (unpaired) electrons. The van der Waals surface area contributed by atoms with Crippen LogP contribution in [0.2, 0.25) is 0 Å². The molecule has 0 aliphatic heterocycles. The van der Waals surface area contributed by atoms with Crippen LogP contribution in [-0.4, -0.2) is 22.0 Å². The summed E-state index contributed by atoms with van der Waals surface area (Å²) in [6, 6.07) is 16.4. The van der Waals surface area contributed by atoms with Crippen molar-refractivity contribution in [1.82, 2.24) is 0 Å². The molecule has 3 rings (SSSR count). The number of carbonyl (C=O) groups is 2. The minimum Gasteiger partial charge on any atom is -0.507 e. The highest BCUT2D eigenvalue weighted by Crippen LogP contribution is 2.28. The number of rotatable bonds is 5. The molecule has 0 saturated carbocycles. The first kappa shape index (κ1) is 16.3. The molecule has 0 aliphatic carbocycles. The van der Waals surface area contributed by atoms with Crippen molar-refractivity contribution in [2.24, 2.45) is 0 Å². The molecule has 25 heavy (non-hydrogen) atoms. The van der Waals surface area contributed by atoms with Crippen molar-refractivity contribution in [3.05, 3.63) is 83.6 Å². The number of hydrogen-bond donors (Lipinski definition) is 2. The lowest BCUT2D eigenvalue weighted by Gasteiger charge is -2.02. The van der Waals surface area contributed by atoms with Gasteiger partial charge >= 0.3 is 5.97 Å². The predicted molar refractivity (Wildman–Crippen MR) is 92.6 cm³/mol. The maximum atomic E-state index is 12.0. The fraction of sp³-hybridized carbons (Fsp3) is 0. The van der Waals surface area contributed by atoms with Gasteiger partial charge in [-0.05, 0) is 42.5 Å². The Morgan fingerprint density at radius 3 is 2.44 bits per heavy atom. The molecule has 3 aromatic rings. The third-order valence-electron chi connectivity index (χ3n) is 3.60. The van der Waals surface area contributed by atoms with Crippen molar-refractivity contribution in [2.75, 3.05) is 0 Å². The maximum Gasteiger partial charge on any atom is 0.339 e. The molecule has 1 aromatic heterocycles. The van der Waals surface area contributed by atoms with Gasteiger partial charge in [0.1, 0.15) is 22.8 Å². The van der Waals surface area contributed by atoms with E-state index in [1.165, 1.54) is 18.2 Å². The summed E-state index contributed by atoms with van der Waals surface area (Å²) in [5.41, 5.74) is 0.893. The van der Waals surface area contributed by atoms with Gasteiger partial charge in [-0.2, -0.15) is 0 Å². The van der Waals surface area contributed by atoms with E-state index >= 15 is 0 Å². The van der Waals surface area contributed by atoms with E-state index in [1.807, 2.05) is 6.07 Å². The fourth-order valence-corrected chi connectivity index (χ4v) is 2.31. The summed E-state index contributed by atoms with van der Waals surface area (Å²) in [7, 11) is 0. The smallest absolute Gasteiger partial charge is 0.339 e. The molecule has 2 N–H and O–H groups in total. The average Bonchev–Trinajstić information content (AvgIpc) is 3.09. The second-order valence-electron chi connectivity index (χ2n) is 5.30. The zero-order valence-corrected chi connectivity index (χ0v) is 13.0. The fourth-order valence-electron chi connectivity index (χ4n) is 2.31. The molecule has 5 heteroatoms. The van der Waals surface area contributed by atoms with Crippen LogP contribution in [0, 0.1) is 0 Å². The maximum absolute atomic E-state index is 12.0. The molecular formula is C20H14O5. The van der Waals surface area contributed by atoms with E-state index in [0.717, 1.165) is 0 Å². The summed E-state index contributed by atoms with van der Waals surface area (Å²) in [6.45, 7) is 0. The number of furan rings is 1. The van der Waals surface area contributed by atoms with Gasteiger partial charge in [-0.25, -0.2) is 4.79 Å². The normalized spacial score (nSPS) is 10.9. The largest absolute Gasteiger partial charge is 0.507 e. The number of allylic oxidation sites excluding steroid dienone is 1. The molecule has 0 fully saturated rings. The SMILES string of the molecule is O=C(/C=C/c1ccc(-c2ccc(O)c(C(=O)O)c2)o1)c1ccccc1. The summed E-state index contributed by atoms with van der Waals surface area (Å²) in [5.74, 6) is -0.772. The molecule has 0 aliphatic rings. The van der Waals surface area contributed by atoms with Crippen LogP contribution < -0.4 is 0 Å². The number of hydrogen-bond acceptors (Lipinski definition) is 4. The second-order valence-corrected chi connectivity index (χ2v) is 5.30. The van der Waals surface area contributed by atoms with E-state index in [9.17, 15) is 14.7 Å². The van der Waals surface area contributed by atoms with Gasteiger partial charge in [-0.1, -0.05) is 30.3 Å². The van der Waals surface area contributed by atoms with Crippen LogP contribution in [0.1, 0.15) is 26.5 Å². The zero-order chi connectivity index (χ0) is 17.8. The van der Waals surface area contributed by atoms with Crippen molar-refractivity contribution in [2.45, 2.75) is 0 Å². The summed E-state index contributed by atoms with van der Waals surface area (Å²) < 4.78 is 5.62. The number of benzene rings is 2. The van der Waals surface area contributed by atoms with Crippen molar-refractivity contribution in [3.63, 3.8) is 0 Å². The van der Waals surface area contributed by atoms with Gasteiger partial charge in [0.2, 0.25) is 0 Å². The van der Waals surface area contributed by atoms with Crippen molar-refractivity contribution in [1.29, 1.82) is 0 Å². The Morgan fingerprint density at radius 1 is 0.960 bits per heavy atom. The summed E-state index contributed by atoms with van der Waals surface area (Å²) in [6.07, 6.45) is 2.97. The molecule has 2 aromatic carbocycles. The van der Waals surface area contributed by atoms with Crippen LogP contribution in [0.3, 0.4) is 0 Å². The van der Waals surface area contributed by atoms with Gasteiger partial charge < -0.3 is 14.6 Å². The lowest BCUT2D eigenvalue weighted by molar-refractivity contribution is 0.0693. The van der Waals surface area contributed by atoms with E-state index in [2.05, 4.69) is 0 Å². The van der Waals surface area contributed by atoms with Crippen LogP contribution in [0.5, 0.6) is 5.75 Å². The molecule has 0 amide bonds. The van der Waals surface area contributed by atoms with Crippen LogP contribution >= 0.6 is 0 Å². The van der Waals surface area contributed by atoms with Gasteiger partial charge in [-0.15, -0.1) is 0 Å². The Balaban J connectivity index is 1.81. The molecule has 0 spiro atoms. The Bertz CT molecular complexity index is 951. The average molecular weight is 334 g/mol. The number of aromatic carboxylic acids is 1. The van der Waals surface area contributed by atoms with Crippen LogP contribution in [0.15, 0.2) is 71.2 Å². The highest BCUT2D eigenvalue weighted by Gasteiger charge is 2.12. The van der Waals surface area contributed by atoms with E-state index in [0.29, 0.717) is 22.6 Å². The van der Waals surface area contributed by atoms with Crippen molar-refractivity contribution < 1.29 is 24.2 Å². The highest BCUT2D eigenvalue weighted by molar-refractivity contribution is 6.06. The Labute approximate surface area is 143 Å². The molecule has 1 heterocycles. The van der Waals surface area contributed by atoms with E-state index in [1.54, 1.807) is 48.5 Å². The molecular weight excluding hydrogens is 320 g/mol. The van der Waals surface area contributed by atoms with Gasteiger partial charge in [0.15, 0.2) is 5.78 Å². The Hall–Kier alpha value is -3.60. The molecule has 0 unspecified atom stereocenters. The quantitative estimate of drug-likeness (QED) is 0.538. The summed E-state index contributed by atoms with van der Waals surface area (Å²) in [5, 5.41) is 18.6. The summed E-state index contributed by atoms with van der Waals surface area (Å²) in [4.78, 5) is 23.1. The number of carbonyl (C=O) groups excluding carboxylic acids is 1. The predicted octanol–water partition coefficient (Wildman–Crippen LogP) is 4.25. The third-order valence-corrected chi connectivity index (χ3v) is 3.60. The van der Waals surface area contributed by atoms with E-state index in [-0.39, 0.29) is 17.1 Å². The van der Waals surface area contributed by atoms with Crippen LogP contribution in [0.4, 0.5) is 0 Å². The van der Waals surface area contributed by atoms with Gasteiger partial charge in [0, 0.05) is 11.1 Å². The molecule has 124 valence electrons. The van der Waals surface area contributed by atoms with Crippen LogP contribution in [-0.2, 0) is 0 Å². The molecule has 0 saturated heterocycles. The second kappa shape index (κ2) is 6.88. The first-order valence-corrected chi connectivity index (χ1v) is 7.48. The molecule has 5 nitrogen and oxygen atoms in total. The minimum atomic E-state index is -1.22. The first-order valence-electron chi connectivity index (χ1n) is 7.48. The Kier molecular flexibility index (Phi) is 4.48. The third kappa shape index (κ3) is 3.67. The minimum absolute atomic E-state index is 0.142. The molecule has 0 atom stereocenters. The van der Waals surface area contributed by atoms with Gasteiger partial charge in [-0.3, -0.25) is 4.79 Å². The van der Waals surface area contributed by atoms with E-state index in [4.69, 9.17) is 9.52 Å². The standard InChI is InChI=1S/C20H14O5/c21-17(13-4-2-1-3-5-13)10-7-15-8-11-19(25-15)14-6-9-18(22)16(12-14)20(23)24/h1-12,22H,(H,23,24)/b10-7+. The lowest BCUT2D eigenvalue weighted by atomic mass is 10.1. The van der Waals surface area contributed by atoms with Crippen molar-refractivity contribution >= 4 is 17.8 Å². The number of phenols is 1. The van der Waals surface area contributed by atoms with Crippen LogP contribution in [0.25, 0.3) is 17.4 Å². The van der Waals surface area contributed by atoms with Gasteiger partial charge in [0.25, 0.3) is 0 Å².